The number of halogens is 1. The SMILES string of the molecule is S=C1N[C@H](c2ccccn2)[C@H](c2cccn2-c2cccc(Cl)c2)N1Cc1ccco1. The van der Waals surface area contributed by atoms with Crippen molar-refractivity contribution in [3.8, 4) is 5.69 Å². The number of hydrogen-bond acceptors (Lipinski definition) is 3. The lowest BCUT2D eigenvalue weighted by Crippen LogP contribution is -2.29. The summed E-state index contributed by atoms with van der Waals surface area (Å²) in [6.07, 6.45) is 5.53. The first-order chi connectivity index (χ1) is 14.7. The molecule has 1 fully saturated rings. The van der Waals surface area contributed by atoms with E-state index in [2.05, 4.69) is 25.8 Å². The van der Waals surface area contributed by atoms with Crippen molar-refractivity contribution < 1.29 is 4.42 Å². The summed E-state index contributed by atoms with van der Waals surface area (Å²) in [5.74, 6) is 0.853. The first-order valence-corrected chi connectivity index (χ1v) is 10.4. The van der Waals surface area contributed by atoms with Crippen LogP contribution in [-0.4, -0.2) is 19.6 Å². The standard InChI is InChI=1S/C23H19ClN4OS/c24-16-6-3-7-17(14-16)27-12-4-10-20(27)22-21(19-9-1-2-11-25-19)26-23(30)28(22)15-18-8-5-13-29-18/h1-14,21-22H,15H2,(H,26,30)/t21-,22+/m1/s1. The van der Waals surface area contributed by atoms with Gasteiger partial charge in [0.15, 0.2) is 5.11 Å². The molecule has 2 atom stereocenters. The molecular weight excluding hydrogens is 416 g/mol. The lowest BCUT2D eigenvalue weighted by atomic mass is 10.0. The highest BCUT2D eigenvalue weighted by Gasteiger charge is 2.41. The molecule has 0 unspecified atom stereocenters. The first-order valence-electron chi connectivity index (χ1n) is 9.64. The number of furan rings is 1. The van der Waals surface area contributed by atoms with Crippen LogP contribution in [0.1, 0.15) is 29.2 Å². The third-order valence-corrected chi connectivity index (χ3v) is 5.86. The van der Waals surface area contributed by atoms with Gasteiger partial charge in [0, 0.05) is 28.8 Å². The van der Waals surface area contributed by atoms with Gasteiger partial charge < -0.3 is 19.2 Å². The third kappa shape index (κ3) is 3.49. The zero-order valence-electron chi connectivity index (χ0n) is 16.0. The minimum absolute atomic E-state index is 0.0773. The van der Waals surface area contributed by atoms with E-state index in [0.717, 1.165) is 22.8 Å². The van der Waals surface area contributed by atoms with E-state index >= 15 is 0 Å². The number of hydrogen-bond donors (Lipinski definition) is 1. The molecule has 30 heavy (non-hydrogen) atoms. The molecule has 1 aliphatic rings. The molecule has 3 aromatic heterocycles. The highest BCUT2D eigenvalue weighted by molar-refractivity contribution is 7.80. The Morgan fingerprint density at radius 3 is 2.77 bits per heavy atom. The summed E-state index contributed by atoms with van der Waals surface area (Å²) in [4.78, 5) is 6.76. The molecule has 0 saturated carbocycles. The van der Waals surface area contributed by atoms with E-state index in [9.17, 15) is 0 Å². The molecule has 0 radical (unpaired) electrons. The number of pyridine rings is 1. The van der Waals surface area contributed by atoms with Crippen LogP contribution in [0.2, 0.25) is 5.02 Å². The monoisotopic (exact) mass is 434 g/mol. The molecule has 0 amide bonds. The van der Waals surface area contributed by atoms with Crippen molar-refractivity contribution in [3.63, 3.8) is 0 Å². The molecule has 1 N–H and O–H groups in total. The lowest BCUT2D eigenvalue weighted by molar-refractivity contribution is 0.280. The molecule has 0 spiro atoms. The van der Waals surface area contributed by atoms with E-state index < -0.39 is 0 Å². The number of nitrogens with zero attached hydrogens (tertiary/aromatic N) is 3. The first kappa shape index (κ1) is 18.9. The van der Waals surface area contributed by atoms with Gasteiger partial charge in [0.2, 0.25) is 0 Å². The molecule has 7 heteroatoms. The summed E-state index contributed by atoms with van der Waals surface area (Å²) < 4.78 is 7.76. The summed E-state index contributed by atoms with van der Waals surface area (Å²) in [5.41, 5.74) is 3.02. The predicted molar refractivity (Wildman–Crippen MR) is 120 cm³/mol. The van der Waals surface area contributed by atoms with Gasteiger partial charge in [0.1, 0.15) is 5.76 Å². The Hall–Kier alpha value is -3.09. The van der Waals surface area contributed by atoms with E-state index in [1.165, 1.54) is 0 Å². The van der Waals surface area contributed by atoms with Crippen LogP contribution >= 0.6 is 23.8 Å². The molecule has 5 rings (SSSR count). The highest BCUT2D eigenvalue weighted by atomic mass is 35.5. The largest absolute Gasteiger partial charge is 0.467 e. The van der Waals surface area contributed by atoms with Gasteiger partial charge in [-0.3, -0.25) is 4.98 Å². The average molecular weight is 435 g/mol. The maximum Gasteiger partial charge on any atom is 0.170 e. The van der Waals surface area contributed by atoms with E-state index in [1.54, 1.807) is 6.26 Å². The Labute approximate surface area is 184 Å². The van der Waals surface area contributed by atoms with Gasteiger partial charge in [-0.25, -0.2) is 0 Å². The molecule has 0 bridgehead atoms. The highest BCUT2D eigenvalue weighted by Crippen LogP contribution is 2.40. The second kappa shape index (κ2) is 7.97. The van der Waals surface area contributed by atoms with Gasteiger partial charge in [0.25, 0.3) is 0 Å². The fourth-order valence-electron chi connectivity index (χ4n) is 3.96. The molecule has 4 aromatic rings. The van der Waals surface area contributed by atoms with Crippen LogP contribution in [0.3, 0.4) is 0 Å². The Morgan fingerprint density at radius 2 is 2.00 bits per heavy atom. The van der Waals surface area contributed by atoms with Crippen LogP contribution in [0, 0.1) is 0 Å². The van der Waals surface area contributed by atoms with Crippen molar-refractivity contribution in [1.29, 1.82) is 0 Å². The minimum Gasteiger partial charge on any atom is -0.467 e. The Morgan fingerprint density at radius 1 is 1.07 bits per heavy atom. The fraction of sp³-hybridized carbons (Fsp3) is 0.130. The Balaban J connectivity index is 1.61. The number of nitrogens with one attached hydrogen (secondary N) is 1. The van der Waals surface area contributed by atoms with Gasteiger partial charge in [-0.1, -0.05) is 23.7 Å². The average Bonchev–Trinajstić information content (AvgIpc) is 3.50. The van der Waals surface area contributed by atoms with Crippen molar-refractivity contribution in [2.24, 2.45) is 0 Å². The summed E-state index contributed by atoms with van der Waals surface area (Å²) >= 11 is 12.0. The van der Waals surface area contributed by atoms with E-state index in [1.807, 2.05) is 73.1 Å². The molecule has 5 nitrogen and oxygen atoms in total. The summed E-state index contributed by atoms with van der Waals surface area (Å²) in [5, 5.41) is 4.84. The minimum atomic E-state index is -0.0958. The molecule has 1 aromatic carbocycles. The zero-order valence-corrected chi connectivity index (χ0v) is 17.6. The van der Waals surface area contributed by atoms with Crippen LogP contribution < -0.4 is 5.32 Å². The number of benzene rings is 1. The summed E-state index contributed by atoms with van der Waals surface area (Å²) in [6, 6.07) is 21.6. The van der Waals surface area contributed by atoms with Crippen molar-refractivity contribution in [2.45, 2.75) is 18.6 Å². The lowest BCUT2D eigenvalue weighted by Gasteiger charge is -2.28. The van der Waals surface area contributed by atoms with Gasteiger partial charge >= 0.3 is 0 Å². The third-order valence-electron chi connectivity index (χ3n) is 5.27. The maximum absolute atomic E-state index is 6.27. The van der Waals surface area contributed by atoms with E-state index in [-0.39, 0.29) is 12.1 Å². The normalized spacial score (nSPS) is 18.6. The molecule has 0 aliphatic carbocycles. The van der Waals surface area contributed by atoms with Crippen LogP contribution in [-0.2, 0) is 6.54 Å². The van der Waals surface area contributed by atoms with Crippen molar-refractivity contribution >= 4 is 28.9 Å². The molecule has 4 heterocycles. The fourth-order valence-corrected chi connectivity index (χ4v) is 4.45. The summed E-state index contributed by atoms with van der Waals surface area (Å²) in [7, 11) is 0. The topological polar surface area (TPSA) is 46.2 Å². The van der Waals surface area contributed by atoms with Crippen LogP contribution in [0.15, 0.2) is 89.8 Å². The molecule has 1 saturated heterocycles. The quantitative estimate of drug-likeness (QED) is 0.432. The molecule has 150 valence electrons. The second-order valence-electron chi connectivity index (χ2n) is 7.12. The van der Waals surface area contributed by atoms with Crippen molar-refractivity contribution in [3.05, 3.63) is 108 Å². The van der Waals surface area contributed by atoms with E-state index in [0.29, 0.717) is 16.7 Å². The van der Waals surface area contributed by atoms with Gasteiger partial charge in [-0.15, -0.1) is 0 Å². The van der Waals surface area contributed by atoms with Crippen LogP contribution in [0.4, 0.5) is 0 Å². The Kier molecular flexibility index (Phi) is 5.02. The zero-order chi connectivity index (χ0) is 20.5. The predicted octanol–water partition coefficient (Wildman–Crippen LogP) is 5.29. The maximum atomic E-state index is 6.27. The van der Waals surface area contributed by atoms with Crippen molar-refractivity contribution in [1.82, 2.24) is 19.8 Å². The smallest absolute Gasteiger partial charge is 0.170 e. The van der Waals surface area contributed by atoms with Crippen molar-refractivity contribution in [2.75, 3.05) is 0 Å². The number of thiocarbonyl (C=S) groups is 1. The number of aromatic nitrogens is 2. The van der Waals surface area contributed by atoms with Crippen LogP contribution in [0.5, 0.6) is 0 Å². The van der Waals surface area contributed by atoms with Gasteiger partial charge in [-0.2, -0.15) is 0 Å². The second-order valence-corrected chi connectivity index (χ2v) is 7.94. The molecular formula is C23H19ClN4OS. The van der Waals surface area contributed by atoms with E-state index in [4.69, 9.17) is 28.2 Å². The molecule has 1 aliphatic heterocycles. The summed E-state index contributed by atoms with van der Waals surface area (Å²) in [6.45, 7) is 0.563. The van der Waals surface area contributed by atoms with Gasteiger partial charge in [-0.05, 0) is 66.8 Å². The number of rotatable bonds is 5. The Bertz CT molecular complexity index is 1160. The van der Waals surface area contributed by atoms with Gasteiger partial charge in [0.05, 0.1) is 30.6 Å². The van der Waals surface area contributed by atoms with Crippen LogP contribution in [0.25, 0.3) is 5.69 Å².